The Balaban J connectivity index is 1.94. The molecule has 0 bridgehead atoms. The first-order valence-electron chi connectivity index (χ1n) is 8.69. The van der Waals surface area contributed by atoms with Crippen LogP contribution in [0.25, 0.3) is 16.0 Å². The largest absolute Gasteiger partial charge is 0.352 e. The molecule has 0 saturated heterocycles. The third kappa shape index (κ3) is 2.78. The zero-order chi connectivity index (χ0) is 18.3. The lowest BCUT2D eigenvalue weighted by molar-refractivity contribution is 0.512. The number of aryl methyl sites for hydroxylation is 1. The second-order valence-electron chi connectivity index (χ2n) is 6.84. The summed E-state index contributed by atoms with van der Waals surface area (Å²) in [5.41, 5.74) is 1.35. The topological polar surface area (TPSA) is 61.3 Å². The molecule has 1 aromatic carbocycles. The maximum Gasteiger partial charge on any atom is 0.352 e. The predicted octanol–water partition coefficient (Wildman–Crippen LogP) is 2.97. The summed E-state index contributed by atoms with van der Waals surface area (Å²) in [6.45, 7) is 5.17. The summed E-state index contributed by atoms with van der Waals surface area (Å²) >= 11 is 1.37. The smallest absolute Gasteiger partial charge is 0.276 e. The van der Waals surface area contributed by atoms with Crippen LogP contribution in [0.2, 0.25) is 0 Å². The fourth-order valence-corrected chi connectivity index (χ4v) is 3.91. The van der Waals surface area contributed by atoms with Crippen molar-refractivity contribution in [1.82, 2.24) is 18.7 Å². The van der Waals surface area contributed by atoms with Crippen LogP contribution < -0.4 is 11.2 Å². The summed E-state index contributed by atoms with van der Waals surface area (Å²) in [5.74, 6) is 0.876. The van der Waals surface area contributed by atoms with E-state index in [2.05, 4.69) is 18.9 Å². The van der Waals surface area contributed by atoms with Crippen molar-refractivity contribution in [3.63, 3.8) is 0 Å². The summed E-state index contributed by atoms with van der Waals surface area (Å²) in [5, 5.41) is 6.36. The Hall–Kier alpha value is -2.67. The molecule has 0 aliphatic heterocycles. The van der Waals surface area contributed by atoms with Crippen LogP contribution in [0.15, 0.2) is 51.4 Å². The normalized spacial score (nSPS) is 11.8. The van der Waals surface area contributed by atoms with E-state index in [4.69, 9.17) is 0 Å². The van der Waals surface area contributed by atoms with Crippen molar-refractivity contribution in [2.24, 2.45) is 5.92 Å². The zero-order valence-corrected chi connectivity index (χ0v) is 15.6. The van der Waals surface area contributed by atoms with Gasteiger partial charge in [0, 0.05) is 6.54 Å². The number of nitrogens with zero attached hydrogens (tertiary/aromatic N) is 4. The third-order valence-electron chi connectivity index (χ3n) is 4.49. The fourth-order valence-electron chi connectivity index (χ4n) is 3.08. The number of rotatable bonds is 5. The van der Waals surface area contributed by atoms with Gasteiger partial charge in [-0.05, 0) is 29.3 Å². The van der Waals surface area contributed by atoms with Gasteiger partial charge in [0.2, 0.25) is 5.78 Å². The molecular weight excluding hydrogens is 348 g/mol. The summed E-state index contributed by atoms with van der Waals surface area (Å²) in [7, 11) is 0. The summed E-state index contributed by atoms with van der Waals surface area (Å²) in [4.78, 5) is 25.9. The van der Waals surface area contributed by atoms with Gasteiger partial charge < -0.3 is 0 Å². The molecule has 4 rings (SSSR count). The molecule has 4 aromatic rings. The van der Waals surface area contributed by atoms with Crippen LogP contribution in [0.5, 0.6) is 0 Å². The van der Waals surface area contributed by atoms with Gasteiger partial charge in [0.25, 0.3) is 5.56 Å². The van der Waals surface area contributed by atoms with Crippen molar-refractivity contribution in [2.45, 2.75) is 33.4 Å². The van der Waals surface area contributed by atoms with E-state index in [0.717, 1.165) is 12.0 Å². The van der Waals surface area contributed by atoms with Crippen LogP contribution in [0.1, 0.15) is 25.8 Å². The lowest BCUT2D eigenvalue weighted by atomic mass is 10.1. The Labute approximate surface area is 153 Å². The molecule has 0 unspecified atom stereocenters. The van der Waals surface area contributed by atoms with E-state index in [0.29, 0.717) is 35.0 Å². The van der Waals surface area contributed by atoms with Gasteiger partial charge in [-0.25, -0.2) is 13.9 Å². The van der Waals surface area contributed by atoms with Gasteiger partial charge in [0.05, 0.1) is 12.1 Å². The number of fused-ring (bicyclic) bond motifs is 3. The van der Waals surface area contributed by atoms with Crippen LogP contribution in [0, 0.1) is 5.92 Å². The summed E-state index contributed by atoms with van der Waals surface area (Å²) in [6.07, 6.45) is 0.853. The summed E-state index contributed by atoms with van der Waals surface area (Å²) < 4.78 is 5.24. The zero-order valence-electron chi connectivity index (χ0n) is 14.8. The van der Waals surface area contributed by atoms with Crippen molar-refractivity contribution in [2.75, 3.05) is 0 Å². The Kier molecular flexibility index (Phi) is 4.24. The molecule has 0 amide bonds. The summed E-state index contributed by atoms with van der Waals surface area (Å²) in [6, 6.07) is 11.5. The molecule has 0 aliphatic rings. The number of hydrogen-bond donors (Lipinski definition) is 0. The minimum absolute atomic E-state index is 0.0694. The number of aromatic nitrogens is 4. The number of hydrogen-bond acceptors (Lipinski definition) is 4. The van der Waals surface area contributed by atoms with Crippen LogP contribution in [0.4, 0.5) is 0 Å². The maximum atomic E-state index is 13.0. The first-order chi connectivity index (χ1) is 12.6. The van der Waals surface area contributed by atoms with E-state index >= 15 is 0 Å². The van der Waals surface area contributed by atoms with E-state index in [1.807, 2.05) is 41.8 Å². The molecule has 134 valence electrons. The average molecular weight is 368 g/mol. The molecule has 0 spiro atoms. The van der Waals surface area contributed by atoms with Gasteiger partial charge in [-0.1, -0.05) is 44.2 Å². The van der Waals surface area contributed by atoms with Crippen LogP contribution >= 0.6 is 11.3 Å². The van der Waals surface area contributed by atoms with E-state index < -0.39 is 0 Å². The Morgan fingerprint density at radius 1 is 1.12 bits per heavy atom. The number of benzene rings is 1. The Morgan fingerprint density at radius 3 is 2.62 bits per heavy atom. The van der Waals surface area contributed by atoms with E-state index in [1.54, 1.807) is 8.97 Å². The van der Waals surface area contributed by atoms with Gasteiger partial charge in [-0.15, -0.1) is 16.4 Å². The average Bonchev–Trinajstić information content (AvgIpc) is 3.21. The molecular formula is C19H20N4O2S. The van der Waals surface area contributed by atoms with Crippen molar-refractivity contribution < 1.29 is 0 Å². The van der Waals surface area contributed by atoms with Crippen LogP contribution in [-0.2, 0) is 13.1 Å². The monoisotopic (exact) mass is 368 g/mol. The minimum Gasteiger partial charge on any atom is -0.276 e. The van der Waals surface area contributed by atoms with Crippen LogP contribution in [-0.4, -0.2) is 18.7 Å². The van der Waals surface area contributed by atoms with Crippen molar-refractivity contribution in [3.8, 4) is 0 Å². The highest BCUT2D eigenvalue weighted by Gasteiger charge is 2.18. The van der Waals surface area contributed by atoms with Gasteiger partial charge in [-0.3, -0.25) is 9.36 Å². The molecule has 0 atom stereocenters. The van der Waals surface area contributed by atoms with E-state index in [9.17, 15) is 9.59 Å². The quantitative estimate of drug-likeness (QED) is 0.544. The molecule has 3 heterocycles. The van der Waals surface area contributed by atoms with Gasteiger partial charge in [0.1, 0.15) is 4.70 Å². The molecule has 0 saturated carbocycles. The molecule has 7 heteroatoms. The molecule has 0 aliphatic carbocycles. The van der Waals surface area contributed by atoms with E-state index in [-0.39, 0.29) is 11.2 Å². The Bertz CT molecular complexity index is 1180. The highest BCUT2D eigenvalue weighted by atomic mass is 32.1. The molecule has 0 N–H and O–H groups in total. The third-order valence-corrected chi connectivity index (χ3v) is 5.39. The second kappa shape index (κ2) is 6.57. The second-order valence-corrected chi connectivity index (χ2v) is 7.75. The van der Waals surface area contributed by atoms with E-state index in [1.165, 1.54) is 16.0 Å². The van der Waals surface area contributed by atoms with Crippen molar-refractivity contribution in [1.29, 1.82) is 0 Å². The van der Waals surface area contributed by atoms with Gasteiger partial charge in [-0.2, -0.15) is 0 Å². The first kappa shape index (κ1) is 16.8. The Morgan fingerprint density at radius 2 is 1.88 bits per heavy atom. The molecule has 0 radical (unpaired) electrons. The lowest BCUT2D eigenvalue weighted by Gasteiger charge is -2.09. The maximum absolute atomic E-state index is 13.0. The minimum atomic E-state index is -0.217. The molecule has 3 aromatic heterocycles. The molecule has 26 heavy (non-hydrogen) atoms. The predicted molar refractivity (Wildman–Crippen MR) is 104 cm³/mol. The molecule has 0 fully saturated rings. The highest BCUT2D eigenvalue weighted by molar-refractivity contribution is 7.17. The highest BCUT2D eigenvalue weighted by Crippen LogP contribution is 2.18. The lowest BCUT2D eigenvalue weighted by Crippen LogP contribution is -2.26. The van der Waals surface area contributed by atoms with Crippen molar-refractivity contribution in [3.05, 3.63) is 68.2 Å². The van der Waals surface area contributed by atoms with Gasteiger partial charge >= 0.3 is 5.69 Å². The molecule has 6 nitrogen and oxygen atoms in total. The van der Waals surface area contributed by atoms with Crippen molar-refractivity contribution >= 4 is 27.3 Å². The van der Waals surface area contributed by atoms with Gasteiger partial charge in [0.15, 0.2) is 0 Å². The SMILES string of the molecule is CC(C)CCn1c(=O)c2sccc2n2c(=O)n(Cc3ccccc3)nc12. The standard InChI is InChI=1S/C19H20N4O2S/c1-13(2)8-10-21-17(24)16-15(9-11-26-16)23-18(21)20-22(19(23)25)12-14-6-4-3-5-7-14/h3-7,9,11,13H,8,10,12H2,1-2H3. The first-order valence-corrected chi connectivity index (χ1v) is 9.57. The van der Waals surface area contributed by atoms with Crippen LogP contribution in [0.3, 0.4) is 0 Å². The fraction of sp³-hybridized carbons (Fsp3) is 0.316. The number of thiophene rings is 1.